The highest BCUT2D eigenvalue weighted by Gasteiger charge is 2.30. The molecule has 1 saturated carbocycles. The van der Waals surface area contributed by atoms with Crippen molar-refractivity contribution in [3.63, 3.8) is 0 Å². The number of halogens is 1. The number of H-pyrrole nitrogens is 1. The molecule has 0 aliphatic heterocycles. The zero-order valence-electron chi connectivity index (χ0n) is 13.1. The number of hydrogen-bond donors (Lipinski definition) is 1. The van der Waals surface area contributed by atoms with Gasteiger partial charge < -0.3 is 4.98 Å². The third-order valence-corrected chi connectivity index (χ3v) is 4.74. The monoisotopic (exact) mass is 338 g/mol. The molecule has 0 bridgehead atoms. The molecule has 7 heteroatoms. The van der Waals surface area contributed by atoms with Crippen LogP contribution in [0.4, 0.5) is 0 Å². The lowest BCUT2D eigenvalue weighted by atomic mass is 10.3. The van der Waals surface area contributed by atoms with Crippen LogP contribution in [0.2, 0.25) is 5.02 Å². The van der Waals surface area contributed by atoms with E-state index in [1.165, 1.54) is 12.8 Å². The summed E-state index contributed by atoms with van der Waals surface area (Å²) in [5.74, 6) is 1.38. The number of nitrogens with zero attached hydrogens (tertiary/aromatic N) is 5. The Morgan fingerprint density at radius 1 is 1.25 bits per heavy atom. The number of aryl methyl sites for hydroxylation is 1. The molecule has 1 aliphatic carbocycles. The largest absolute Gasteiger partial charge is 0.335 e. The molecule has 1 aliphatic rings. The van der Waals surface area contributed by atoms with Crippen LogP contribution in [0.5, 0.6) is 0 Å². The summed E-state index contributed by atoms with van der Waals surface area (Å²) in [5.41, 5.74) is 4.83. The summed E-state index contributed by atoms with van der Waals surface area (Å²) in [6.45, 7) is 0. The second kappa shape index (κ2) is 4.95. The molecule has 0 radical (unpaired) electrons. The molecule has 1 aromatic carbocycles. The minimum atomic E-state index is 0.577. The molecule has 3 aromatic heterocycles. The van der Waals surface area contributed by atoms with Crippen LogP contribution in [0, 0.1) is 0 Å². The van der Waals surface area contributed by atoms with Crippen molar-refractivity contribution in [2.45, 2.75) is 18.8 Å². The lowest BCUT2D eigenvalue weighted by molar-refractivity contribution is 0.758. The maximum Gasteiger partial charge on any atom is 0.176 e. The number of fused-ring (bicyclic) bond motifs is 1. The van der Waals surface area contributed by atoms with E-state index in [1.807, 2.05) is 42.2 Å². The van der Waals surface area contributed by atoms with Gasteiger partial charge in [0, 0.05) is 19.2 Å². The summed E-state index contributed by atoms with van der Waals surface area (Å²) < 4.78 is 3.62. The summed E-state index contributed by atoms with van der Waals surface area (Å²) in [4.78, 5) is 8.12. The average molecular weight is 339 g/mol. The first-order chi connectivity index (χ1) is 11.7. The molecule has 0 unspecified atom stereocenters. The number of hydrogen-bond acceptors (Lipinski definition) is 3. The van der Waals surface area contributed by atoms with Gasteiger partial charge >= 0.3 is 0 Å². The van der Waals surface area contributed by atoms with Crippen LogP contribution in [0.1, 0.15) is 24.5 Å². The SMILES string of the molecule is Cn1nc(C2CC2)c2[nH]c(-c3cnn(-c4ccccc4Cl)c3)nc21. The molecular weight excluding hydrogens is 324 g/mol. The topological polar surface area (TPSA) is 64.3 Å². The molecule has 24 heavy (non-hydrogen) atoms. The minimum absolute atomic E-state index is 0.577. The normalized spacial score (nSPS) is 14.6. The van der Waals surface area contributed by atoms with E-state index in [0.29, 0.717) is 10.9 Å². The Balaban J connectivity index is 1.59. The molecule has 120 valence electrons. The summed E-state index contributed by atoms with van der Waals surface area (Å²) in [5, 5.41) is 9.68. The van der Waals surface area contributed by atoms with E-state index in [4.69, 9.17) is 16.6 Å². The Morgan fingerprint density at radius 3 is 2.88 bits per heavy atom. The van der Waals surface area contributed by atoms with Crippen LogP contribution in [-0.2, 0) is 7.05 Å². The van der Waals surface area contributed by atoms with Crippen molar-refractivity contribution >= 4 is 22.8 Å². The highest BCUT2D eigenvalue weighted by molar-refractivity contribution is 6.32. The predicted octanol–water partition coefficient (Wildman–Crippen LogP) is 3.68. The number of para-hydroxylation sites is 1. The molecule has 0 spiro atoms. The number of aromatic amines is 1. The van der Waals surface area contributed by atoms with Gasteiger partial charge in [-0.05, 0) is 25.0 Å². The fourth-order valence-corrected chi connectivity index (χ4v) is 3.25. The second-order valence-corrected chi connectivity index (χ2v) is 6.60. The van der Waals surface area contributed by atoms with E-state index in [0.717, 1.165) is 33.9 Å². The zero-order chi connectivity index (χ0) is 16.3. The lowest BCUT2D eigenvalue weighted by Crippen LogP contribution is -1.94. The van der Waals surface area contributed by atoms with Crippen molar-refractivity contribution in [1.29, 1.82) is 0 Å². The third kappa shape index (κ3) is 2.06. The molecule has 4 aromatic rings. The van der Waals surface area contributed by atoms with Crippen molar-refractivity contribution in [3.05, 3.63) is 47.4 Å². The van der Waals surface area contributed by atoms with Gasteiger partial charge in [-0.25, -0.2) is 14.3 Å². The molecule has 0 amide bonds. The maximum atomic E-state index is 6.25. The number of aromatic nitrogens is 6. The van der Waals surface area contributed by atoms with E-state index >= 15 is 0 Å². The molecule has 6 nitrogen and oxygen atoms in total. The van der Waals surface area contributed by atoms with E-state index < -0.39 is 0 Å². The van der Waals surface area contributed by atoms with Gasteiger partial charge in [0.2, 0.25) is 0 Å². The van der Waals surface area contributed by atoms with Crippen molar-refractivity contribution < 1.29 is 0 Å². The van der Waals surface area contributed by atoms with Crippen LogP contribution in [0.3, 0.4) is 0 Å². The van der Waals surface area contributed by atoms with Gasteiger partial charge in [-0.15, -0.1) is 0 Å². The lowest BCUT2D eigenvalue weighted by Gasteiger charge is -2.02. The second-order valence-electron chi connectivity index (χ2n) is 6.19. The minimum Gasteiger partial charge on any atom is -0.335 e. The van der Waals surface area contributed by atoms with Gasteiger partial charge in [-0.2, -0.15) is 10.2 Å². The first-order valence-corrected chi connectivity index (χ1v) is 8.31. The molecule has 1 fully saturated rings. The van der Waals surface area contributed by atoms with Gasteiger partial charge in [0.25, 0.3) is 0 Å². The summed E-state index contributed by atoms with van der Waals surface area (Å²) >= 11 is 6.25. The Morgan fingerprint density at radius 2 is 2.08 bits per heavy atom. The van der Waals surface area contributed by atoms with Gasteiger partial charge in [-0.1, -0.05) is 23.7 Å². The Labute approximate surface area is 143 Å². The number of benzene rings is 1. The first kappa shape index (κ1) is 13.8. The van der Waals surface area contributed by atoms with E-state index in [2.05, 4.69) is 15.2 Å². The van der Waals surface area contributed by atoms with Gasteiger partial charge in [0.05, 0.1) is 28.2 Å². The molecule has 1 N–H and O–H groups in total. The van der Waals surface area contributed by atoms with Crippen molar-refractivity contribution in [2.75, 3.05) is 0 Å². The van der Waals surface area contributed by atoms with Crippen LogP contribution in [-0.4, -0.2) is 29.5 Å². The maximum absolute atomic E-state index is 6.25. The highest BCUT2D eigenvalue weighted by atomic mass is 35.5. The van der Waals surface area contributed by atoms with Gasteiger partial charge in [0.15, 0.2) is 5.65 Å². The van der Waals surface area contributed by atoms with Gasteiger partial charge in [-0.3, -0.25) is 0 Å². The third-order valence-electron chi connectivity index (χ3n) is 4.42. The van der Waals surface area contributed by atoms with Crippen molar-refractivity contribution in [1.82, 2.24) is 29.5 Å². The first-order valence-electron chi connectivity index (χ1n) is 7.93. The van der Waals surface area contributed by atoms with E-state index in [1.54, 1.807) is 10.9 Å². The number of nitrogens with one attached hydrogen (secondary N) is 1. The summed E-state index contributed by atoms with van der Waals surface area (Å²) in [6, 6.07) is 7.64. The Bertz CT molecular complexity index is 1050. The van der Waals surface area contributed by atoms with E-state index in [-0.39, 0.29) is 0 Å². The van der Waals surface area contributed by atoms with Crippen molar-refractivity contribution in [2.24, 2.45) is 7.05 Å². The average Bonchev–Trinajstić information content (AvgIpc) is 3.02. The predicted molar refractivity (Wildman–Crippen MR) is 92.4 cm³/mol. The van der Waals surface area contributed by atoms with Crippen LogP contribution in [0.15, 0.2) is 36.7 Å². The van der Waals surface area contributed by atoms with Crippen LogP contribution in [0.25, 0.3) is 28.2 Å². The van der Waals surface area contributed by atoms with Crippen LogP contribution < -0.4 is 0 Å². The molecule has 0 saturated heterocycles. The quantitative estimate of drug-likeness (QED) is 0.619. The number of rotatable bonds is 3. The summed E-state index contributed by atoms with van der Waals surface area (Å²) in [7, 11) is 1.94. The Kier molecular flexibility index (Phi) is 2.84. The zero-order valence-corrected chi connectivity index (χ0v) is 13.8. The van der Waals surface area contributed by atoms with Crippen LogP contribution >= 0.6 is 11.6 Å². The highest BCUT2D eigenvalue weighted by Crippen LogP contribution is 2.42. The number of imidazole rings is 1. The fraction of sp³-hybridized carbons (Fsp3) is 0.235. The van der Waals surface area contributed by atoms with Crippen molar-refractivity contribution in [3.8, 4) is 17.1 Å². The molecular formula is C17H15ClN6. The molecule has 5 rings (SSSR count). The standard InChI is InChI=1S/C17H15ClN6/c1-23-17-15(14(22-23)10-6-7-10)20-16(21-17)11-8-19-24(9-11)13-5-3-2-4-12(13)18/h2-5,8-10H,6-7H2,1H3,(H,20,21). The van der Waals surface area contributed by atoms with Gasteiger partial charge in [0.1, 0.15) is 11.3 Å². The smallest absolute Gasteiger partial charge is 0.176 e. The fourth-order valence-electron chi connectivity index (χ4n) is 3.03. The molecule has 0 atom stereocenters. The Hall–Kier alpha value is -2.60. The summed E-state index contributed by atoms with van der Waals surface area (Å²) in [6.07, 6.45) is 6.16. The van der Waals surface area contributed by atoms with E-state index in [9.17, 15) is 0 Å². The molecule has 3 heterocycles.